The van der Waals surface area contributed by atoms with Gasteiger partial charge in [-0.2, -0.15) is 0 Å². The number of benzene rings is 2. The number of nitrogens with zero attached hydrogens (tertiary/aromatic N) is 1. The number of allylic oxidation sites excluding steroid dienone is 2. The third kappa shape index (κ3) is 7.76. The molecule has 0 fully saturated rings. The van der Waals surface area contributed by atoms with Crippen molar-refractivity contribution in [2.75, 3.05) is 6.54 Å². The molecule has 1 aliphatic rings. The van der Waals surface area contributed by atoms with E-state index in [9.17, 15) is 4.79 Å². The topological polar surface area (TPSA) is 41.5 Å². The van der Waals surface area contributed by atoms with E-state index >= 15 is 0 Å². The maximum Gasteiger partial charge on any atom is 0.250 e. The Balaban J connectivity index is 0.000000277. The molecule has 0 bridgehead atoms. The average molecular weight is 481 g/mol. The lowest BCUT2D eigenvalue weighted by Gasteiger charge is -2.10. The lowest BCUT2D eigenvalue weighted by molar-refractivity contribution is -0.117. The van der Waals surface area contributed by atoms with E-state index in [1.165, 1.54) is 15.9 Å². The number of carbonyl (C=O) groups is 1. The number of aliphatic imine (C=N–C) groups is 1. The van der Waals surface area contributed by atoms with Crippen LogP contribution in [0.5, 0.6) is 0 Å². The number of halogens is 1. The Morgan fingerprint density at radius 1 is 1.15 bits per heavy atom. The fourth-order valence-corrected chi connectivity index (χ4v) is 4.40. The van der Waals surface area contributed by atoms with Crippen molar-refractivity contribution in [3.63, 3.8) is 0 Å². The number of nitrogens with one attached hydrogen (secondary N) is 1. The van der Waals surface area contributed by atoms with Crippen LogP contribution in [0.25, 0.3) is 0 Å². The van der Waals surface area contributed by atoms with Crippen LogP contribution in [0.1, 0.15) is 51.7 Å². The van der Waals surface area contributed by atoms with Crippen molar-refractivity contribution < 1.29 is 4.79 Å². The standard InChI is InChI=1S/C18H16ClNS.C10H17NO/c1-3-16-12(2)21-17-11-7-5-9-14(17)18(20-16)13-8-4-6-10-15(13)19;1-5-9(4)10(12)11-7-6-8(2)3/h4-11H,3H2,1-2H3;5,8H,1,4,6-7H2,2-3H3,(H,11,12). The molecule has 0 radical (unpaired) electrons. The summed E-state index contributed by atoms with van der Waals surface area (Å²) in [6, 6.07) is 16.3. The van der Waals surface area contributed by atoms with Crippen LogP contribution in [0.3, 0.4) is 0 Å². The van der Waals surface area contributed by atoms with Crippen molar-refractivity contribution in [2.45, 2.75) is 45.4 Å². The molecule has 1 aliphatic heterocycles. The predicted molar refractivity (Wildman–Crippen MR) is 144 cm³/mol. The smallest absolute Gasteiger partial charge is 0.250 e. The van der Waals surface area contributed by atoms with E-state index in [2.05, 4.69) is 70.4 Å². The van der Waals surface area contributed by atoms with Crippen LogP contribution in [0.15, 0.2) is 93.8 Å². The second kappa shape index (κ2) is 13.2. The Hall–Kier alpha value is -2.56. The zero-order valence-corrected chi connectivity index (χ0v) is 21.5. The number of fused-ring (bicyclic) bond motifs is 1. The van der Waals surface area contributed by atoms with Crippen molar-refractivity contribution in [3.05, 3.63) is 100 Å². The summed E-state index contributed by atoms with van der Waals surface area (Å²) in [5.74, 6) is 0.493. The van der Waals surface area contributed by atoms with E-state index in [4.69, 9.17) is 16.6 Å². The van der Waals surface area contributed by atoms with Crippen LogP contribution in [-0.4, -0.2) is 18.2 Å². The minimum absolute atomic E-state index is 0.120. The summed E-state index contributed by atoms with van der Waals surface area (Å²) in [4.78, 5) is 18.5. The molecule has 0 saturated heterocycles. The zero-order chi connectivity index (χ0) is 24.4. The van der Waals surface area contributed by atoms with Gasteiger partial charge in [0, 0.05) is 38.1 Å². The molecule has 2 aromatic carbocycles. The monoisotopic (exact) mass is 480 g/mol. The number of hydrogen-bond donors (Lipinski definition) is 1. The second-order valence-electron chi connectivity index (χ2n) is 8.06. The molecular formula is C28H33ClN2OS. The van der Waals surface area contributed by atoms with Crippen LogP contribution < -0.4 is 5.32 Å². The van der Waals surface area contributed by atoms with Gasteiger partial charge in [-0.1, -0.05) is 99.8 Å². The van der Waals surface area contributed by atoms with Gasteiger partial charge >= 0.3 is 0 Å². The van der Waals surface area contributed by atoms with E-state index in [1.54, 1.807) is 11.8 Å². The lowest BCUT2D eigenvalue weighted by Crippen LogP contribution is -2.25. The Morgan fingerprint density at radius 2 is 1.79 bits per heavy atom. The third-order valence-corrected chi connectivity index (χ3v) is 6.51. The summed E-state index contributed by atoms with van der Waals surface area (Å²) in [7, 11) is 0. The molecule has 1 heterocycles. The molecule has 0 aliphatic carbocycles. The molecule has 1 N–H and O–H groups in total. The highest BCUT2D eigenvalue weighted by molar-refractivity contribution is 8.03. The van der Waals surface area contributed by atoms with Gasteiger partial charge < -0.3 is 5.32 Å². The number of carbonyl (C=O) groups excluding carboxylic acids is 1. The Kier molecular flexibility index (Phi) is 10.7. The Bertz CT molecular complexity index is 1070. The molecule has 0 spiro atoms. The quantitative estimate of drug-likeness (QED) is 0.324. The van der Waals surface area contributed by atoms with E-state index in [0.717, 1.165) is 40.4 Å². The molecular weight excluding hydrogens is 448 g/mol. The van der Waals surface area contributed by atoms with Crippen molar-refractivity contribution in [1.82, 2.24) is 5.32 Å². The molecule has 0 unspecified atom stereocenters. The maximum absolute atomic E-state index is 11.1. The maximum atomic E-state index is 11.1. The predicted octanol–water partition coefficient (Wildman–Crippen LogP) is 7.82. The third-order valence-electron chi connectivity index (χ3n) is 5.07. The first kappa shape index (κ1) is 26.7. The fourth-order valence-electron chi connectivity index (χ4n) is 3.12. The van der Waals surface area contributed by atoms with Crippen LogP contribution in [0, 0.1) is 5.92 Å². The van der Waals surface area contributed by atoms with Crippen molar-refractivity contribution in [2.24, 2.45) is 10.9 Å². The van der Waals surface area contributed by atoms with Crippen molar-refractivity contribution in [3.8, 4) is 0 Å². The Morgan fingerprint density at radius 3 is 2.39 bits per heavy atom. The molecule has 3 rings (SSSR count). The molecule has 33 heavy (non-hydrogen) atoms. The molecule has 2 aromatic rings. The largest absolute Gasteiger partial charge is 0.352 e. The first-order valence-electron chi connectivity index (χ1n) is 11.2. The normalized spacial score (nSPS) is 12.7. The van der Waals surface area contributed by atoms with Crippen LogP contribution >= 0.6 is 23.4 Å². The summed E-state index contributed by atoms with van der Waals surface area (Å²) in [5.41, 5.74) is 4.67. The highest BCUT2D eigenvalue weighted by atomic mass is 35.5. The first-order chi connectivity index (χ1) is 15.8. The highest BCUT2D eigenvalue weighted by Crippen LogP contribution is 2.37. The second-order valence-corrected chi connectivity index (χ2v) is 9.73. The number of rotatable bonds is 7. The highest BCUT2D eigenvalue weighted by Gasteiger charge is 2.19. The van der Waals surface area contributed by atoms with Gasteiger partial charge in [0.05, 0.1) is 11.4 Å². The Labute approximate surface area is 207 Å². The van der Waals surface area contributed by atoms with E-state index in [-0.39, 0.29) is 5.91 Å². The van der Waals surface area contributed by atoms with Gasteiger partial charge in [0.2, 0.25) is 0 Å². The van der Waals surface area contributed by atoms with Crippen LogP contribution in [0.4, 0.5) is 0 Å². The minimum Gasteiger partial charge on any atom is -0.352 e. The lowest BCUT2D eigenvalue weighted by atomic mass is 10.0. The minimum atomic E-state index is -0.120. The molecule has 3 nitrogen and oxygen atoms in total. The van der Waals surface area contributed by atoms with Gasteiger partial charge in [-0.25, -0.2) is 0 Å². The average Bonchev–Trinajstić information content (AvgIpc) is 2.94. The van der Waals surface area contributed by atoms with Gasteiger partial charge in [0.1, 0.15) is 0 Å². The first-order valence-corrected chi connectivity index (χ1v) is 12.4. The number of hydrogen-bond acceptors (Lipinski definition) is 3. The molecule has 5 heteroatoms. The van der Waals surface area contributed by atoms with Gasteiger partial charge in [0.25, 0.3) is 5.91 Å². The SMILES string of the molecule is C=CC(=C)C(=O)NCCC(C)C.CCC1=C(C)Sc2ccccc2C(c2ccccc2Cl)=N1. The molecule has 1 amide bonds. The van der Waals surface area contributed by atoms with Crippen molar-refractivity contribution in [1.29, 1.82) is 0 Å². The number of thioether (sulfide) groups is 1. The number of amides is 1. The molecule has 0 atom stereocenters. The summed E-state index contributed by atoms with van der Waals surface area (Å²) in [6.07, 6.45) is 3.38. The van der Waals surface area contributed by atoms with Crippen LogP contribution in [-0.2, 0) is 4.79 Å². The van der Waals surface area contributed by atoms with Gasteiger partial charge in [0.15, 0.2) is 0 Å². The van der Waals surface area contributed by atoms with E-state index in [1.807, 2.05) is 24.3 Å². The van der Waals surface area contributed by atoms with Gasteiger partial charge in [-0.15, -0.1) is 0 Å². The summed E-state index contributed by atoms with van der Waals surface area (Å²) >= 11 is 8.19. The van der Waals surface area contributed by atoms with Crippen molar-refractivity contribution >= 4 is 35.0 Å². The molecule has 174 valence electrons. The molecule has 0 saturated carbocycles. The fraction of sp³-hybridized carbons (Fsp3) is 0.286. The molecule has 0 aromatic heterocycles. The van der Waals surface area contributed by atoms with Gasteiger partial charge in [-0.05, 0) is 37.8 Å². The zero-order valence-electron chi connectivity index (χ0n) is 20.0. The van der Waals surface area contributed by atoms with Gasteiger partial charge in [-0.3, -0.25) is 9.79 Å². The summed E-state index contributed by atoms with van der Waals surface area (Å²) < 4.78 is 0. The van der Waals surface area contributed by atoms with E-state index < -0.39 is 0 Å². The summed E-state index contributed by atoms with van der Waals surface area (Å²) in [5, 5.41) is 3.50. The van der Waals surface area contributed by atoms with Crippen LogP contribution in [0.2, 0.25) is 5.02 Å². The summed E-state index contributed by atoms with van der Waals surface area (Å²) in [6.45, 7) is 16.2. The van der Waals surface area contributed by atoms with E-state index in [0.29, 0.717) is 18.0 Å².